The van der Waals surface area contributed by atoms with Crippen molar-refractivity contribution in [2.45, 2.75) is 12.8 Å². The Morgan fingerprint density at radius 3 is 2.58 bits per heavy atom. The van der Waals surface area contributed by atoms with Crippen molar-refractivity contribution in [1.29, 1.82) is 0 Å². The fraction of sp³-hybridized carbons (Fsp3) is 0.333. The lowest BCUT2D eigenvalue weighted by atomic mass is 9.98. The molecule has 0 radical (unpaired) electrons. The molecular formula is C18H19FN4O. The lowest BCUT2D eigenvalue weighted by Gasteiger charge is -2.32. The van der Waals surface area contributed by atoms with E-state index < -0.39 is 0 Å². The molecule has 24 heavy (non-hydrogen) atoms. The van der Waals surface area contributed by atoms with E-state index in [2.05, 4.69) is 15.0 Å². The van der Waals surface area contributed by atoms with Gasteiger partial charge in [0.25, 0.3) is 0 Å². The molecule has 0 bridgehead atoms. The van der Waals surface area contributed by atoms with Crippen molar-refractivity contribution >= 4 is 11.5 Å². The number of hydrogen-bond donors (Lipinski definition) is 1. The van der Waals surface area contributed by atoms with Crippen LogP contribution >= 0.6 is 0 Å². The monoisotopic (exact) mass is 326 g/mol. The van der Waals surface area contributed by atoms with Crippen molar-refractivity contribution < 1.29 is 9.50 Å². The number of rotatable bonds is 3. The molecule has 0 amide bonds. The van der Waals surface area contributed by atoms with Gasteiger partial charge >= 0.3 is 0 Å². The summed E-state index contributed by atoms with van der Waals surface area (Å²) >= 11 is 0. The second-order valence-corrected chi connectivity index (χ2v) is 6.22. The van der Waals surface area contributed by atoms with Crippen LogP contribution in [0, 0.1) is 11.7 Å². The first-order chi connectivity index (χ1) is 11.7. The van der Waals surface area contributed by atoms with Gasteiger partial charge in [-0.25, -0.2) is 9.37 Å². The van der Waals surface area contributed by atoms with Gasteiger partial charge < -0.3 is 10.0 Å². The predicted octanol–water partition coefficient (Wildman–Crippen LogP) is 2.74. The largest absolute Gasteiger partial charge is 0.396 e. The minimum atomic E-state index is -0.254. The average molecular weight is 326 g/mol. The highest BCUT2D eigenvalue weighted by Crippen LogP contribution is 2.27. The second-order valence-electron chi connectivity index (χ2n) is 6.22. The van der Waals surface area contributed by atoms with Gasteiger partial charge in [0.1, 0.15) is 11.6 Å². The van der Waals surface area contributed by atoms with E-state index in [0.717, 1.165) is 48.7 Å². The van der Waals surface area contributed by atoms with Crippen LogP contribution in [-0.2, 0) is 0 Å². The molecule has 5 nitrogen and oxygen atoms in total. The summed E-state index contributed by atoms with van der Waals surface area (Å²) in [5.41, 5.74) is 2.46. The van der Waals surface area contributed by atoms with Crippen molar-refractivity contribution in [3.8, 4) is 11.3 Å². The third-order valence-electron chi connectivity index (χ3n) is 4.68. The zero-order valence-electron chi connectivity index (χ0n) is 13.3. The first-order valence-electron chi connectivity index (χ1n) is 8.21. The molecule has 3 aromatic rings. The van der Waals surface area contributed by atoms with Gasteiger partial charge in [-0.15, -0.1) is 0 Å². The van der Waals surface area contributed by atoms with Crippen molar-refractivity contribution in [3.05, 3.63) is 48.4 Å². The number of piperidine rings is 1. The van der Waals surface area contributed by atoms with E-state index >= 15 is 0 Å². The fourth-order valence-corrected chi connectivity index (χ4v) is 3.24. The van der Waals surface area contributed by atoms with E-state index in [0.29, 0.717) is 5.92 Å². The van der Waals surface area contributed by atoms with Crippen LogP contribution in [-0.4, -0.2) is 39.4 Å². The molecule has 0 spiro atoms. The average Bonchev–Trinajstić information content (AvgIpc) is 3.10. The molecule has 1 fully saturated rings. The number of nitrogens with zero attached hydrogens (tertiary/aromatic N) is 4. The summed E-state index contributed by atoms with van der Waals surface area (Å²) in [6.45, 7) is 2.02. The molecule has 1 N–H and O–H groups in total. The van der Waals surface area contributed by atoms with Crippen LogP contribution in [0.3, 0.4) is 0 Å². The molecule has 3 heterocycles. The molecule has 1 saturated heterocycles. The molecule has 0 saturated carbocycles. The van der Waals surface area contributed by atoms with E-state index in [1.807, 2.05) is 16.6 Å². The Morgan fingerprint density at radius 2 is 1.88 bits per heavy atom. The van der Waals surface area contributed by atoms with Crippen molar-refractivity contribution in [1.82, 2.24) is 14.6 Å². The molecular weight excluding hydrogens is 307 g/mol. The standard InChI is InChI=1S/C18H19FN4O/c19-15-3-1-14(2-4-15)16-11-18(23-17(21-16)5-8-20-23)22-9-6-13(12-24)7-10-22/h1-5,8,11,13,24H,6-7,9-10,12H2. The topological polar surface area (TPSA) is 53.7 Å². The smallest absolute Gasteiger partial charge is 0.157 e. The second kappa shape index (κ2) is 6.20. The quantitative estimate of drug-likeness (QED) is 0.804. The summed E-state index contributed by atoms with van der Waals surface area (Å²) in [5, 5.41) is 13.7. The Morgan fingerprint density at radius 1 is 1.12 bits per heavy atom. The maximum atomic E-state index is 13.2. The predicted molar refractivity (Wildman–Crippen MR) is 90.4 cm³/mol. The number of anilines is 1. The molecule has 0 unspecified atom stereocenters. The van der Waals surface area contributed by atoms with E-state index in [-0.39, 0.29) is 12.4 Å². The summed E-state index contributed by atoms with van der Waals surface area (Å²) in [4.78, 5) is 6.91. The summed E-state index contributed by atoms with van der Waals surface area (Å²) in [7, 11) is 0. The number of halogens is 1. The Labute approximate surface area is 139 Å². The Balaban J connectivity index is 1.74. The summed E-state index contributed by atoms with van der Waals surface area (Å²) in [5.74, 6) is 1.11. The molecule has 124 valence electrons. The van der Waals surface area contributed by atoms with Crippen LogP contribution in [0.15, 0.2) is 42.6 Å². The maximum Gasteiger partial charge on any atom is 0.157 e. The Kier molecular flexibility index (Phi) is 3.90. The highest BCUT2D eigenvalue weighted by atomic mass is 19.1. The van der Waals surface area contributed by atoms with E-state index in [1.165, 1.54) is 12.1 Å². The van der Waals surface area contributed by atoms with Gasteiger partial charge in [0.2, 0.25) is 0 Å². The van der Waals surface area contributed by atoms with Crippen molar-refractivity contribution in [3.63, 3.8) is 0 Å². The minimum absolute atomic E-state index is 0.252. The SMILES string of the molecule is OCC1CCN(c2cc(-c3ccc(F)cc3)nc3ccnn23)CC1. The number of benzene rings is 1. The van der Waals surface area contributed by atoms with Gasteiger partial charge in [0.15, 0.2) is 5.65 Å². The molecule has 4 rings (SSSR count). The van der Waals surface area contributed by atoms with Crippen LogP contribution in [0.5, 0.6) is 0 Å². The highest BCUT2D eigenvalue weighted by molar-refractivity contribution is 5.66. The minimum Gasteiger partial charge on any atom is -0.396 e. The molecule has 2 aromatic heterocycles. The van der Waals surface area contributed by atoms with Crippen LogP contribution in [0.4, 0.5) is 10.2 Å². The fourth-order valence-electron chi connectivity index (χ4n) is 3.24. The third-order valence-corrected chi connectivity index (χ3v) is 4.68. The van der Waals surface area contributed by atoms with Gasteiger partial charge in [-0.1, -0.05) is 0 Å². The van der Waals surface area contributed by atoms with Gasteiger partial charge in [0.05, 0.1) is 11.9 Å². The number of fused-ring (bicyclic) bond motifs is 1. The summed E-state index contributed by atoms with van der Waals surface area (Å²) in [6, 6.07) is 10.3. The lowest BCUT2D eigenvalue weighted by molar-refractivity contribution is 0.202. The zero-order valence-corrected chi connectivity index (χ0v) is 13.3. The number of aliphatic hydroxyl groups is 1. The molecule has 1 aromatic carbocycles. The summed E-state index contributed by atoms with van der Waals surface area (Å²) in [6.07, 6.45) is 3.67. The third kappa shape index (κ3) is 2.73. The van der Waals surface area contributed by atoms with E-state index in [4.69, 9.17) is 0 Å². The molecule has 1 aliphatic heterocycles. The number of aliphatic hydroxyl groups excluding tert-OH is 1. The molecule has 1 aliphatic rings. The number of hydrogen-bond acceptors (Lipinski definition) is 4. The van der Waals surface area contributed by atoms with Gasteiger partial charge in [0, 0.05) is 37.4 Å². The zero-order chi connectivity index (χ0) is 16.5. The first-order valence-corrected chi connectivity index (χ1v) is 8.21. The van der Waals surface area contributed by atoms with Gasteiger partial charge in [-0.05, 0) is 43.0 Å². The maximum absolute atomic E-state index is 13.2. The van der Waals surface area contributed by atoms with Crippen molar-refractivity contribution in [2.75, 3.05) is 24.6 Å². The van der Waals surface area contributed by atoms with Crippen molar-refractivity contribution in [2.24, 2.45) is 5.92 Å². The van der Waals surface area contributed by atoms with E-state index in [1.54, 1.807) is 18.3 Å². The molecule has 0 aliphatic carbocycles. The van der Waals surface area contributed by atoms with E-state index in [9.17, 15) is 9.50 Å². The van der Waals surface area contributed by atoms with Crippen LogP contribution in [0.1, 0.15) is 12.8 Å². The molecule has 0 atom stereocenters. The van der Waals surface area contributed by atoms with Crippen LogP contribution in [0.25, 0.3) is 16.9 Å². The Hall–Kier alpha value is -2.47. The highest BCUT2D eigenvalue weighted by Gasteiger charge is 2.21. The van der Waals surface area contributed by atoms with Gasteiger partial charge in [-0.2, -0.15) is 9.61 Å². The van der Waals surface area contributed by atoms with Crippen LogP contribution < -0.4 is 4.90 Å². The van der Waals surface area contributed by atoms with Gasteiger partial charge in [-0.3, -0.25) is 0 Å². The Bertz CT molecular complexity index is 838. The normalized spacial score (nSPS) is 16.0. The summed E-state index contributed by atoms with van der Waals surface area (Å²) < 4.78 is 15.0. The first kappa shape index (κ1) is 15.1. The molecule has 6 heteroatoms. The van der Waals surface area contributed by atoms with Crippen LogP contribution in [0.2, 0.25) is 0 Å². The number of aromatic nitrogens is 3. The lowest BCUT2D eigenvalue weighted by Crippen LogP contribution is -2.36.